The highest BCUT2D eigenvalue weighted by Gasteiger charge is 2.44. The molecule has 16 heteroatoms. The highest BCUT2D eigenvalue weighted by molar-refractivity contribution is 5.76. The molecule has 0 unspecified atom stereocenters. The van der Waals surface area contributed by atoms with Gasteiger partial charge in [-0.1, -0.05) is 6.92 Å². The van der Waals surface area contributed by atoms with Crippen molar-refractivity contribution in [1.29, 1.82) is 0 Å². The first-order valence-electron chi connectivity index (χ1n) is 14.2. The van der Waals surface area contributed by atoms with Crippen LogP contribution >= 0.6 is 0 Å². The third-order valence-corrected chi connectivity index (χ3v) is 8.11. The van der Waals surface area contributed by atoms with Gasteiger partial charge in [0.15, 0.2) is 0 Å². The lowest BCUT2D eigenvalue weighted by Gasteiger charge is -2.39. The van der Waals surface area contributed by atoms with Crippen LogP contribution in [0.3, 0.4) is 0 Å². The summed E-state index contributed by atoms with van der Waals surface area (Å²) in [6, 6.07) is 0.312. The summed E-state index contributed by atoms with van der Waals surface area (Å²) in [6.45, 7) is 5.48. The van der Waals surface area contributed by atoms with Crippen LogP contribution in [0.1, 0.15) is 74.0 Å². The zero-order valence-electron chi connectivity index (χ0n) is 24.5. The average Bonchev–Trinajstić information content (AvgIpc) is 3.25. The number of pyridine rings is 1. The number of hydrogen-bond acceptors (Lipinski definition) is 5. The van der Waals surface area contributed by atoms with Gasteiger partial charge in [-0.25, -0.2) is 9.78 Å². The molecule has 0 bridgehead atoms. The van der Waals surface area contributed by atoms with Crippen LogP contribution < -0.4 is 4.90 Å². The molecule has 3 heterocycles. The summed E-state index contributed by atoms with van der Waals surface area (Å²) in [5.74, 6) is 0.108. The molecule has 0 spiro atoms. The molecule has 0 N–H and O–H groups in total. The summed E-state index contributed by atoms with van der Waals surface area (Å²) in [4.78, 5) is 33.6. The molecule has 2 atom stereocenters. The van der Waals surface area contributed by atoms with E-state index in [9.17, 15) is 49.1 Å². The Morgan fingerprint density at radius 1 is 0.911 bits per heavy atom. The van der Waals surface area contributed by atoms with Crippen LogP contribution in [0, 0.1) is 0 Å². The van der Waals surface area contributed by atoms with Gasteiger partial charge in [-0.3, -0.25) is 9.69 Å². The van der Waals surface area contributed by atoms with E-state index in [1.165, 1.54) is 6.92 Å². The van der Waals surface area contributed by atoms with Crippen molar-refractivity contribution < 1.29 is 53.8 Å². The summed E-state index contributed by atoms with van der Waals surface area (Å²) >= 11 is 0. The number of amides is 2. The van der Waals surface area contributed by atoms with Crippen LogP contribution in [-0.2, 0) is 34.6 Å². The molecule has 1 aromatic carbocycles. The van der Waals surface area contributed by atoms with E-state index in [2.05, 4.69) is 4.98 Å². The standard InChI is InChI=1S/C29H31F9N4O3/c1-4-23(43)40-8-6-22(7-9-40)41(5-2)25-18(12-21(14-39-25)29(36,37)38)15-42-16(3)24(45-26(42)44)17-10-19(27(30,31)32)13-20(11-17)28(33,34)35/h10-14,16,22,24H,4-9,15H2,1-3H3/t16-,24-/m0/s1. The lowest BCUT2D eigenvalue weighted by molar-refractivity contribution is -0.143. The van der Waals surface area contributed by atoms with E-state index >= 15 is 0 Å². The Hall–Kier alpha value is -3.72. The molecule has 0 aliphatic carbocycles. The number of likely N-dealkylation sites (tertiary alicyclic amines) is 1. The Bertz CT molecular complexity index is 1370. The average molecular weight is 655 g/mol. The highest BCUT2D eigenvalue weighted by Crippen LogP contribution is 2.42. The zero-order chi connectivity index (χ0) is 33.5. The van der Waals surface area contributed by atoms with Crippen molar-refractivity contribution in [2.45, 2.75) is 83.3 Å². The number of halogens is 9. The quantitative estimate of drug-likeness (QED) is 0.291. The largest absolute Gasteiger partial charge is 0.439 e. The van der Waals surface area contributed by atoms with E-state index in [-0.39, 0.29) is 29.4 Å². The second kappa shape index (κ2) is 12.6. The molecule has 2 fully saturated rings. The molecule has 248 valence electrons. The van der Waals surface area contributed by atoms with Gasteiger partial charge in [-0.2, -0.15) is 39.5 Å². The number of ether oxygens (including phenoxy) is 1. The molecule has 0 saturated carbocycles. The molecule has 2 amide bonds. The minimum atomic E-state index is -5.14. The minimum Gasteiger partial charge on any atom is -0.439 e. The molecule has 4 rings (SSSR count). The molecule has 0 radical (unpaired) electrons. The number of anilines is 1. The highest BCUT2D eigenvalue weighted by atomic mass is 19.4. The number of rotatable bonds is 7. The number of benzene rings is 1. The summed E-state index contributed by atoms with van der Waals surface area (Å²) in [5, 5.41) is 0. The number of piperidine rings is 1. The smallest absolute Gasteiger partial charge is 0.417 e. The Kier molecular flexibility index (Phi) is 9.55. The van der Waals surface area contributed by atoms with Gasteiger partial charge in [0, 0.05) is 43.9 Å². The fourth-order valence-corrected chi connectivity index (χ4v) is 5.75. The number of carbonyl (C=O) groups excluding carboxylic acids is 2. The zero-order valence-corrected chi connectivity index (χ0v) is 24.5. The molecule has 45 heavy (non-hydrogen) atoms. The van der Waals surface area contributed by atoms with Gasteiger partial charge in [0.1, 0.15) is 11.9 Å². The van der Waals surface area contributed by atoms with Crippen LogP contribution in [0.15, 0.2) is 30.5 Å². The maximum Gasteiger partial charge on any atom is 0.417 e. The SMILES string of the molecule is CCC(=O)N1CCC(N(CC)c2ncc(C(F)(F)F)cc2CN2C(=O)O[C@H](c3cc(C(F)(F)F)cc(C(F)(F)F)c3)[C@@H]2C)CC1. The predicted octanol–water partition coefficient (Wildman–Crippen LogP) is 7.45. The number of aromatic nitrogens is 1. The van der Waals surface area contributed by atoms with Crippen molar-refractivity contribution in [3.05, 3.63) is 58.3 Å². The maximum atomic E-state index is 13.7. The van der Waals surface area contributed by atoms with Crippen LogP contribution in [0.2, 0.25) is 0 Å². The van der Waals surface area contributed by atoms with E-state index in [1.807, 2.05) is 0 Å². The maximum absolute atomic E-state index is 13.7. The first-order valence-corrected chi connectivity index (χ1v) is 14.2. The molecular formula is C29H31F9N4O3. The molecular weight excluding hydrogens is 623 g/mol. The number of hydrogen-bond donors (Lipinski definition) is 0. The van der Waals surface area contributed by atoms with Gasteiger partial charge in [-0.05, 0) is 56.5 Å². The Morgan fingerprint density at radius 2 is 1.47 bits per heavy atom. The van der Waals surface area contributed by atoms with Crippen LogP contribution in [0.4, 0.5) is 50.1 Å². The van der Waals surface area contributed by atoms with Gasteiger partial charge < -0.3 is 14.5 Å². The molecule has 2 aromatic rings. The van der Waals surface area contributed by atoms with Crippen LogP contribution in [0.25, 0.3) is 0 Å². The normalized spacial score (nSPS) is 20.0. The number of nitrogens with zero attached hydrogens (tertiary/aromatic N) is 4. The fraction of sp³-hybridized carbons (Fsp3) is 0.552. The van der Waals surface area contributed by atoms with Crippen LogP contribution in [-0.4, -0.2) is 58.5 Å². The number of cyclic esters (lactones) is 1. The second-order valence-electron chi connectivity index (χ2n) is 11.0. The van der Waals surface area contributed by atoms with Crippen LogP contribution in [0.5, 0.6) is 0 Å². The summed E-state index contributed by atoms with van der Waals surface area (Å²) in [5.41, 5.74) is -4.90. The molecule has 2 aliphatic rings. The number of carbonyl (C=O) groups is 2. The summed E-state index contributed by atoms with van der Waals surface area (Å²) in [7, 11) is 0. The first kappa shape index (κ1) is 34.2. The van der Waals surface area contributed by atoms with Crippen molar-refractivity contribution in [3.63, 3.8) is 0 Å². The monoisotopic (exact) mass is 654 g/mol. The van der Waals surface area contributed by atoms with Crippen molar-refractivity contribution in [2.75, 3.05) is 24.5 Å². The molecule has 2 saturated heterocycles. The summed E-state index contributed by atoms with van der Waals surface area (Å²) in [6.07, 6.45) is -15.8. The van der Waals surface area contributed by atoms with Crippen molar-refractivity contribution in [3.8, 4) is 0 Å². The second-order valence-corrected chi connectivity index (χ2v) is 11.0. The third-order valence-electron chi connectivity index (χ3n) is 8.11. The van der Waals surface area contributed by atoms with Gasteiger partial charge in [0.2, 0.25) is 5.91 Å². The fourth-order valence-electron chi connectivity index (χ4n) is 5.75. The van der Waals surface area contributed by atoms with Gasteiger partial charge >= 0.3 is 24.6 Å². The van der Waals surface area contributed by atoms with Gasteiger partial charge in [0.05, 0.1) is 29.3 Å². The summed E-state index contributed by atoms with van der Waals surface area (Å²) < 4.78 is 127. The number of alkyl halides is 9. The Labute approximate surface area is 252 Å². The molecule has 2 aliphatic heterocycles. The van der Waals surface area contributed by atoms with Crippen molar-refractivity contribution in [2.24, 2.45) is 0 Å². The van der Waals surface area contributed by atoms with Gasteiger partial charge in [0.25, 0.3) is 0 Å². The van der Waals surface area contributed by atoms with E-state index in [1.54, 1.807) is 23.6 Å². The Morgan fingerprint density at radius 3 is 1.96 bits per heavy atom. The van der Waals surface area contributed by atoms with Gasteiger partial charge in [-0.15, -0.1) is 0 Å². The minimum absolute atomic E-state index is 0.0240. The third kappa shape index (κ3) is 7.40. The first-order chi connectivity index (χ1) is 20.8. The lowest BCUT2D eigenvalue weighted by Crippen LogP contribution is -2.47. The predicted molar refractivity (Wildman–Crippen MR) is 143 cm³/mol. The van der Waals surface area contributed by atoms with E-state index in [0.717, 1.165) is 11.0 Å². The van der Waals surface area contributed by atoms with E-state index in [0.29, 0.717) is 57.2 Å². The Balaban J connectivity index is 1.68. The van der Waals surface area contributed by atoms with Crippen molar-refractivity contribution >= 4 is 17.8 Å². The van der Waals surface area contributed by atoms with E-state index < -0.39 is 65.6 Å². The molecule has 7 nitrogen and oxygen atoms in total. The topological polar surface area (TPSA) is 66.0 Å². The lowest BCUT2D eigenvalue weighted by atomic mass is 9.97. The van der Waals surface area contributed by atoms with E-state index in [4.69, 9.17) is 4.74 Å². The van der Waals surface area contributed by atoms with Crippen molar-refractivity contribution in [1.82, 2.24) is 14.8 Å². The molecule has 1 aromatic heterocycles.